The van der Waals surface area contributed by atoms with Gasteiger partial charge in [-0.05, 0) is 12.8 Å². The molecule has 1 aliphatic carbocycles. The highest BCUT2D eigenvalue weighted by Crippen LogP contribution is 2.35. The molecule has 19 heavy (non-hydrogen) atoms. The molecule has 0 bridgehead atoms. The first-order valence-electron chi connectivity index (χ1n) is 6.00. The third-order valence-electron chi connectivity index (χ3n) is 2.89. The normalized spacial score (nSPS) is 13.7. The second-order valence-electron chi connectivity index (χ2n) is 4.24. The van der Waals surface area contributed by atoms with Crippen molar-refractivity contribution in [3.05, 3.63) is 16.3 Å². The number of rotatable bonds is 6. The van der Waals surface area contributed by atoms with E-state index in [4.69, 9.17) is 5.26 Å². The Balaban J connectivity index is 2.37. The van der Waals surface area contributed by atoms with Gasteiger partial charge in [-0.2, -0.15) is 10.2 Å². The Morgan fingerprint density at radius 1 is 1.68 bits per heavy atom. The van der Waals surface area contributed by atoms with E-state index in [9.17, 15) is 10.1 Å². The maximum absolute atomic E-state index is 11.1. The van der Waals surface area contributed by atoms with Crippen LogP contribution in [0.3, 0.4) is 0 Å². The fourth-order valence-corrected chi connectivity index (χ4v) is 1.85. The summed E-state index contributed by atoms with van der Waals surface area (Å²) in [6.45, 7) is 0.447. The standard InChI is InChI=1S/C11H14N6O2/c1-13-11-14-7-9(17(18)19)10(15-11)16(6-2-5-12)8-3-4-8/h7-8H,2-4,6H2,1H3,(H,13,14,15). The van der Waals surface area contributed by atoms with Gasteiger partial charge in [-0.3, -0.25) is 10.1 Å². The monoisotopic (exact) mass is 262 g/mol. The van der Waals surface area contributed by atoms with Gasteiger partial charge in [0.05, 0.1) is 17.4 Å². The lowest BCUT2D eigenvalue weighted by atomic mass is 10.3. The topological polar surface area (TPSA) is 108 Å². The Hall–Kier alpha value is -2.43. The average Bonchev–Trinajstić information content (AvgIpc) is 3.23. The molecule has 0 unspecified atom stereocenters. The molecule has 0 spiro atoms. The number of hydrogen-bond donors (Lipinski definition) is 1. The van der Waals surface area contributed by atoms with Gasteiger partial charge in [-0.15, -0.1) is 0 Å². The van der Waals surface area contributed by atoms with E-state index in [1.54, 1.807) is 7.05 Å². The third kappa shape index (κ3) is 2.88. The maximum atomic E-state index is 11.1. The van der Waals surface area contributed by atoms with E-state index < -0.39 is 4.92 Å². The van der Waals surface area contributed by atoms with E-state index in [1.165, 1.54) is 6.20 Å². The lowest BCUT2D eigenvalue weighted by molar-refractivity contribution is -0.384. The molecule has 0 radical (unpaired) electrons. The van der Waals surface area contributed by atoms with E-state index in [1.807, 2.05) is 4.90 Å². The molecule has 0 amide bonds. The van der Waals surface area contributed by atoms with Gasteiger partial charge in [0, 0.05) is 19.6 Å². The first kappa shape index (κ1) is 13.0. The third-order valence-corrected chi connectivity index (χ3v) is 2.89. The van der Waals surface area contributed by atoms with Crippen LogP contribution in [0.2, 0.25) is 0 Å². The summed E-state index contributed by atoms with van der Waals surface area (Å²) in [4.78, 5) is 20.4. The summed E-state index contributed by atoms with van der Waals surface area (Å²) in [5.74, 6) is 0.630. The van der Waals surface area contributed by atoms with Crippen LogP contribution in [0.4, 0.5) is 17.5 Å². The Bertz CT molecular complexity index is 522. The zero-order valence-electron chi connectivity index (χ0n) is 10.5. The molecular formula is C11H14N6O2. The summed E-state index contributed by atoms with van der Waals surface area (Å²) in [5.41, 5.74) is -0.121. The molecule has 1 aliphatic rings. The maximum Gasteiger partial charge on any atom is 0.329 e. The highest BCUT2D eigenvalue weighted by Gasteiger charge is 2.34. The molecule has 8 nitrogen and oxygen atoms in total. The smallest absolute Gasteiger partial charge is 0.329 e. The summed E-state index contributed by atoms with van der Waals surface area (Å²) in [6, 6.07) is 2.30. The first-order chi connectivity index (χ1) is 9.17. The van der Waals surface area contributed by atoms with E-state index in [0.717, 1.165) is 12.8 Å². The van der Waals surface area contributed by atoms with Crippen LogP contribution in [0.15, 0.2) is 6.20 Å². The van der Waals surface area contributed by atoms with Crippen molar-refractivity contribution in [1.82, 2.24) is 9.97 Å². The minimum atomic E-state index is -0.490. The first-order valence-corrected chi connectivity index (χ1v) is 6.00. The molecule has 1 N–H and O–H groups in total. The van der Waals surface area contributed by atoms with Gasteiger partial charge in [0.15, 0.2) is 0 Å². The summed E-state index contributed by atoms with van der Waals surface area (Å²) in [6.07, 6.45) is 3.46. The number of nitrogens with one attached hydrogen (secondary N) is 1. The van der Waals surface area contributed by atoms with Crippen LogP contribution in [0.1, 0.15) is 19.3 Å². The fourth-order valence-electron chi connectivity index (χ4n) is 1.85. The van der Waals surface area contributed by atoms with Crippen molar-refractivity contribution in [2.75, 3.05) is 23.8 Å². The highest BCUT2D eigenvalue weighted by atomic mass is 16.6. The van der Waals surface area contributed by atoms with Gasteiger partial charge in [-0.1, -0.05) is 0 Å². The summed E-state index contributed by atoms with van der Waals surface area (Å²) < 4.78 is 0. The zero-order chi connectivity index (χ0) is 13.8. The van der Waals surface area contributed by atoms with Crippen LogP contribution >= 0.6 is 0 Å². The second-order valence-corrected chi connectivity index (χ2v) is 4.24. The molecule has 1 aromatic rings. The van der Waals surface area contributed by atoms with Gasteiger partial charge in [0.25, 0.3) is 0 Å². The predicted octanol–water partition coefficient (Wildman–Crippen LogP) is 1.31. The van der Waals surface area contributed by atoms with Crippen LogP contribution < -0.4 is 10.2 Å². The van der Waals surface area contributed by atoms with E-state index in [0.29, 0.717) is 24.7 Å². The molecular weight excluding hydrogens is 248 g/mol. The van der Waals surface area contributed by atoms with Crippen LogP contribution in [-0.4, -0.2) is 34.5 Å². The van der Waals surface area contributed by atoms with Gasteiger partial charge in [0.2, 0.25) is 11.8 Å². The van der Waals surface area contributed by atoms with Crippen molar-refractivity contribution >= 4 is 17.5 Å². The molecule has 8 heteroatoms. The lowest BCUT2D eigenvalue weighted by Gasteiger charge is -2.22. The molecule has 2 rings (SSSR count). The molecule has 1 saturated carbocycles. The minimum Gasteiger partial charge on any atom is -0.357 e. The molecule has 0 aromatic carbocycles. The van der Waals surface area contributed by atoms with Crippen molar-refractivity contribution in [3.63, 3.8) is 0 Å². The molecule has 100 valence electrons. The number of aromatic nitrogens is 2. The predicted molar refractivity (Wildman–Crippen MR) is 68.8 cm³/mol. The van der Waals surface area contributed by atoms with Crippen LogP contribution in [0.5, 0.6) is 0 Å². The van der Waals surface area contributed by atoms with Gasteiger partial charge < -0.3 is 10.2 Å². The number of nitro groups is 1. The van der Waals surface area contributed by atoms with Crippen molar-refractivity contribution < 1.29 is 4.92 Å². The molecule has 0 aliphatic heterocycles. The quantitative estimate of drug-likeness (QED) is 0.608. The SMILES string of the molecule is CNc1ncc([N+](=O)[O-])c(N(CCC#N)C2CC2)n1. The number of nitrogens with zero attached hydrogens (tertiary/aromatic N) is 5. The van der Waals surface area contributed by atoms with Crippen molar-refractivity contribution in [2.24, 2.45) is 0 Å². The molecule has 1 heterocycles. The van der Waals surface area contributed by atoms with Crippen molar-refractivity contribution in [3.8, 4) is 6.07 Å². The van der Waals surface area contributed by atoms with Crippen molar-refractivity contribution in [2.45, 2.75) is 25.3 Å². The largest absolute Gasteiger partial charge is 0.357 e. The number of nitriles is 1. The Morgan fingerprint density at radius 2 is 2.42 bits per heavy atom. The van der Waals surface area contributed by atoms with Crippen LogP contribution in [0, 0.1) is 21.4 Å². The van der Waals surface area contributed by atoms with Gasteiger partial charge >= 0.3 is 5.69 Å². The van der Waals surface area contributed by atoms with E-state index in [2.05, 4.69) is 21.4 Å². The van der Waals surface area contributed by atoms with Crippen LogP contribution in [-0.2, 0) is 0 Å². The summed E-state index contributed by atoms with van der Waals surface area (Å²) >= 11 is 0. The molecule has 1 aromatic heterocycles. The lowest BCUT2D eigenvalue weighted by Crippen LogP contribution is -2.28. The van der Waals surface area contributed by atoms with E-state index >= 15 is 0 Å². The minimum absolute atomic E-state index is 0.121. The summed E-state index contributed by atoms with van der Waals surface area (Å²) in [5, 5.41) is 22.5. The second kappa shape index (κ2) is 5.48. The Kier molecular flexibility index (Phi) is 3.75. The van der Waals surface area contributed by atoms with Gasteiger partial charge in [0.1, 0.15) is 6.20 Å². The summed E-state index contributed by atoms with van der Waals surface area (Å²) in [7, 11) is 1.65. The van der Waals surface area contributed by atoms with E-state index in [-0.39, 0.29) is 11.7 Å². The molecule has 0 saturated heterocycles. The van der Waals surface area contributed by atoms with Gasteiger partial charge in [-0.25, -0.2) is 4.98 Å². The highest BCUT2D eigenvalue weighted by molar-refractivity contribution is 5.60. The Labute approximate surface area is 110 Å². The zero-order valence-corrected chi connectivity index (χ0v) is 10.5. The van der Waals surface area contributed by atoms with Crippen LogP contribution in [0.25, 0.3) is 0 Å². The van der Waals surface area contributed by atoms with Crippen molar-refractivity contribution in [1.29, 1.82) is 5.26 Å². The average molecular weight is 262 g/mol. The number of anilines is 2. The number of hydrogen-bond acceptors (Lipinski definition) is 7. The fraction of sp³-hybridized carbons (Fsp3) is 0.545. The Morgan fingerprint density at radius 3 is 2.95 bits per heavy atom. The molecule has 0 atom stereocenters. The molecule has 1 fully saturated rings.